The second-order valence-electron chi connectivity index (χ2n) is 14.0. The molecule has 5 amide bonds. The first kappa shape index (κ1) is 39.5. The number of carbonyl (C=O) groups excluding carboxylic acids is 5. The van der Waals surface area contributed by atoms with Gasteiger partial charge in [0.15, 0.2) is 5.96 Å². The van der Waals surface area contributed by atoms with E-state index < -0.39 is 59.7 Å². The summed E-state index contributed by atoms with van der Waals surface area (Å²) in [5.74, 6) is -2.77. The number of fused-ring (bicyclic) bond motifs is 2. The van der Waals surface area contributed by atoms with Gasteiger partial charge in [-0.2, -0.15) is 0 Å². The Morgan fingerprint density at radius 3 is 2.17 bits per heavy atom. The highest BCUT2D eigenvalue weighted by molar-refractivity contribution is 5.98. The van der Waals surface area contributed by atoms with E-state index in [2.05, 4.69) is 20.9 Å². The third-order valence-electron chi connectivity index (χ3n) is 10.1. The quantitative estimate of drug-likeness (QED) is 0.0817. The van der Waals surface area contributed by atoms with Crippen LogP contribution in [0.25, 0.3) is 10.8 Å². The average Bonchev–Trinajstić information content (AvgIpc) is 3.66. The van der Waals surface area contributed by atoms with E-state index in [1.165, 1.54) is 29.0 Å². The molecule has 288 valence electrons. The van der Waals surface area contributed by atoms with Crippen molar-refractivity contribution in [1.29, 1.82) is 0 Å². The first-order chi connectivity index (χ1) is 25.9. The molecule has 0 aliphatic carbocycles. The van der Waals surface area contributed by atoms with Crippen LogP contribution in [0, 0.1) is 0 Å². The Hall–Kier alpha value is -5.70. The molecule has 0 aromatic heterocycles. The summed E-state index contributed by atoms with van der Waals surface area (Å²) in [5.41, 5.74) is 18.3. The Kier molecular flexibility index (Phi) is 13.4. The molecular weight excluding hydrogens is 690 g/mol. The van der Waals surface area contributed by atoms with E-state index in [9.17, 15) is 29.1 Å². The number of phenolic OH excluding ortho intramolecular Hbond substituents is 1. The summed E-state index contributed by atoms with van der Waals surface area (Å²) in [6.07, 6.45) is 2.11. The molecule has 0 saturated carbocycles. The van der Waals surface area contributed by atoms with E-state index in [-0.39, 0.29) is 57.0 Å². The monoisotopic (exact) mass is 741 g/mol. The van der Waals surface area contributed by atoms with Crippen LogP contribution in [0.1, 0.15) is 49.7 Å². The van der Waals surface area contributed by atoms with Crippen LogP contribution in [0.3, 0.4) is 0 Å². The van der Waals surface area contributed by atoms with E-state index in [4.69, 9.17) is 17.2 Å². The van der Waals surface area contributed by atoms with Gasteiger partial charge in [-0.05, 0) is 79.1 Å². The van der Waals surface area contributed by atoms with Gasteiger partial charge in [0, 0.05) is 33.0 Å². The molecule has 10 N–H and O–H groups in total. The van der Waals surface area contributed by atoms with Crippen LogP contribution in [-0.4, -0.2) is 107 Å². The molecule has 15 heteroatoms. The lowest BCUT2D eigenvalue weighted by molar-refractivity contribution is -0.144. The van der Waals surface area contributed by atoms with Crippen LogP contribution in [0.4, 0.5) is 0 Å². The number of likely N-dealkylation sites (N-methyl/N-ethyl adjacent to an activating group) is 1. The van der Waals surface area contributed by atoms with Gasteiger partial charge in [0.1, 0.15) is 36.0 Å². The Labute approximate surface area is 314 Å². The van der Waals surface area contributed by atoms with Gasteiger partial charge in [0.2, 0.25) is 29.5 Å². The number of nitrogens with one attached hydrogen (secondary N) is 3. The molecule has 3 aromatic rings. The molecular formula is C39H51N9O6. The van der Waals surface area contributed by atoms with E-state index in [0.29, 0.717) is 31.2 Å². The van der Waals surface area contributed by atoms with Gasteiger partial charge in [-0.1, -0.05) is 54.6 Å². The number of guanidine groups is 1. The van der Waals surface area contributed by atoms with Crippen LogP contribution in [0.2, 0.25) is 0 Å². The molecule has 5 atom stereocenters. The van der Waals surface area contributed by atoms with E-state index in [1.807, 2.05) is 42.5 Å². The van der Waals surface area contributed by atoms with Crippen molar-refractivity contribution in [3.8, 4) is 5.75 Å². The Bertz CT molecular complexity index is 1850. The first-order valence-corrected chi connectivity index (χ1v) is 18.4. The second-order valence-corrected chi connectivity index (χ2v) is 14.0. The van der Waals surface area contributed by atoms with Gasteiger partial charge in [-0.15, -0.1) is 0 Å². The molecule has 15 nitrogen and oxygen atoms in total. The average molecular weight is 742 g/mol. The van der Waals surface area contributed by atoms with Crippen molar-refractivity contribution >= 4 is 46.3 Å². The maximum Gasteiger partial charge on any atom is 0.246 e. The number of benzene rings is 3. The molecule has 2 saturated heterocycles. The first-order valence-electron chi connectivity index (χ1n) is 18.4. The van der Waals surface area contributed by atoms with Crippen molar-refractivity contribution in [3.63, 3.8) is 0 Å². The van der Waals surface area contributed by atoms with Gasteiger partial charge in [0.05, 0.1) is 0 Å². The normalized spacial score (nSPS) is 22.9. The van der Waals surface area contributed by atoms with Gasteiger partial charge >= 0.3 is 0 Å². The highest BCUT2D eigenvalue weighted by atomic mass is 16.3. The summed E-state index contributed by atoms with van der Waals surface area (Å²) >= 11 is 0. The molecule has 2 aliphatic heterocycles. The van der Waals surface area contributed by atoms with Crippen molar-refractivity contribution in [2.24, 2.45) is 22.2 Å². The minimum absolute atomic E-state index is 0.0409. The molecule has 2 aliphatic rings. The fourth-order valence-electron chi connectivity index (χ4n) is 7.16. The Morgan fingerprint density at radius 2 is 1.44 bits per heavy atom. The fourth-order valence-corrected chi connectivity index (χ4v) is 7.16. The standard InChI is InChI=1S/C39H51N9O6/c1-47-32(10-5-19-43-39(41)42)35(51)46-31(23-25-12-15-26-7-2-3-8-27(26)21-25)38(54)48-20-6-11-33(48)36(52)45-30(22-24-13-16-28(49)17-14-24)34(50)44-29(37(47)53)9-4-18-40/h2-3,7-8,12-17,21,29-33,49H,4-6,9-11,18-20,22-23,40H2,1H3,(H,44,50)(H,45,52)(H,46,51)(H4,41,42,43)/t29-,30+,31-,32-,33-/m0/s1. The zero-order valence-electron chi connectivity index (χ0n) is 30.6. The molecule has 0 bridgehead atoms. The minimum atomic E-state index is -1.13. The maximum atomic E-state index is 14.5. The number of hydrogen-bond acceptors (Lipinski definition) is 8. The summed E-state index contributed by atoms with van der Waals surface area (Å²) in [6.45, 7) is 0.718. The van der Waals surface area contributed by atoms with Crippen LogP contribution < -0.4 is 33.2 Å². The molecule has 5 rings (SSSR count). The number of aliphatic imine (C=N–C) groups is 1. The van der Waals surface area contributed by atoms with Gasteiger partial charge in [0.25, 0.3) is 0 Å². The SMILES string of the molecule is CN1C(=O)[C@H](CCCN)NC(=O)[C@@H](Cc2ccc(O)cc2)NC(=O)[C@@H]2CCCN2C(=O)[C@H](Cc2ccc3ccccc3c2)NC(=O)[C@@H]1CCCN=C(N)N. The third-order valence-corrected chi connectivity index (χ3v) is 10.1. The number of amides is 5. The highest BCUT2D eigenvalue weighted by Crippen LogP contribution is 2.23. The summed E-state index contributed by atoms with van der Waals surface area (Å²) in [6, 6.07) is 14.6. The fraction of sp³-hybridized carbons (Fsp3) is 0.436. The number of phenols is 1. The summed E-state index contributed by atoms with van der Waals surface area (Å²) in [4.78, 5) is 78.0. The van der Waals surface area contributed by atoms with Crippen molar-refractivity contribution in [3.05, 3.63) is 77.9 Å². The molecule has 0 radical (unpaired) electrons. The van der Waals surface area contributed by atoms with Gasteiger partial charge in [-0.25, -0.2) is 0 Å². The van der Waals surface area contributed by atoms with E-state index in [1.54, 1.807) is 12.1 Å². The highest BCUT2D eigenvalue weighted by Gasteiger charge is 2.41. The van der Waals surface area contributed by atoms with E-state index >= 15 is 0 Å². The van der Waals surface area contributed by atoms with Crippen LogP contribution in [0.5, 0.6) is 5.75 Å². The number of rotatable bonds is 11. The maximum absolute atomic E-state index is 14.5. The van der Waals surface area contributed by atoms with Crippen molar-refractivity contribution < 1.29 is 29.1 Å². The Balaban J connectivity index is 1.55. The molecule has 2 heterocycles. The number of carbonyl (C=O) groups is 5. The van der Waals surface area contributed by atoms with Gasteiger partial charge < -0.3 is 48.1 Å². The zero-order chi connectivity index (χ0) is 38.8. The summed E-state index contributed by atoms with van der Waals surface area (Å²) < 4.78 is 0. The predicted molar refractivity (Wildman–Crippen MR) is 205 cm³/mol. The van der Waals surface area contributed by atoms with Crippen LogP contribution >= 0.6 is 0 Å². The van der Waals surface area contributed by atoms with E-state index in [0.717, 1.165) is 16.3 Å². The number of hydrogen-bond donors (Lipinski definition) is 7. The molecule has 0 unspecified atom stereocenters. The predicted octanol–water partition coefficient (Wildman–Crippen LogP) is 0.409. The van der Waals surface area contributed by atoms with Crippen LogP contribution in [-0.2, 0) is 36.8 Å². The molecule has 2 fully saturated rings. The third kappa shape index (κ3) is 10.0. The van der Waals surface area contributed by atoms with Crippen molar-refractivity contribution in [2.75, 3.05) is 26.7 Å². The molecule has 0 spiro atoms. The molecule has 3 aromatic carbocycles. The summed E-state index contributed by atoms with van der Waals surface area (Å²) in [5, 5.41) is 20.5. The van der Waals surface area contributed by atoms with Crippen molar-refractivity contribution in [1.82, 2.24) is 25.8 Å². The lowest BCUT2D eigenvalue weighted by Crippen LogP contribution is -2.58. The molecule has 54 heavy (non-hydrogen) atoms. The summed E-state index contributed by atoms with van der Waals surface area (Å²) in [7, 11) is 1.49. The topological polar surface area (TPSA) is 239 Å². The number of aromatic hydroxyl groups is 1. The van der Waals surface area contributed by atoms with Crippen molar-refractivity contribution in [2.45, 2.75) is 81.6 Å². The largest absolute Gasteiger partial charge is 0.508 e. The van der Waals surface area contributed by atoms with Crippen LogP contribution in [0.15, 0.2) is 71.7 Å². The zero-order valence-corrected chi connectivity index (χ0v) is 30.6. The number of nitrogens with zero attached hydrogens (tertiary/aromatic N) is 3. The Morgan fingerprint density at radius 1 is 0.778 bits per heavy atom. The lowest BCUT2D eigenvalue weighted by Gasteiger charge is -2.33. The smallest absolute Gasteiger partial charge is 0.246 e. The lowest BCUT2D eigenvalue weighted by atomic mass is 9.99. The second kappa shape index (κ2) is 18.4. The minimum Gasteiger partial charge on any atom is -0.508 e. The number of nitrogens with two attached hydrogens (primary N) is 3. The van der Waals surface area contributed by atoms with Gasteiger partial charge in [-0.3, -0.25) is 29.0 Å².